The predicted molar refractivity (Wildman–Crippen MR) is 85.5 cm³/mol. The quantitative estimate of drug-likeness (QED) is 0.847. The van der Waals surface area contributed by atoms with E-state index in [4.69, 9.17) is 16.7 Å². The number of rotatable bonds is 6. The molecule has 1 heterocycles. The van der Waals surface area contributed by atoms with Crippen LogP contribution >= 0.6 is 11.6 Å². The summed E-state index contributed by atoms with van der Waals surface area (Å²) in [4.78, 5) is 2.45. The van der Waals surface area contributed by atoms with Gasteiger partial charge in [0.25, 0.3) is 0 Å². The number of piperidine rings is 1. The number of benzene rings is 1. The van der Waals surface area contributed by atoms with Crippen LogP contribution in [-0.4, -0.2) is 31.3 Å². The molecule has 1 aliphatic heterocycles. The molecule has 1 saturated heterocycles. The third-order valence-corrected chi connectivity index (χ3v) is 4.24. The van der Waals surface area contributed by atoms with E-state index in [9.17, 15) is 0 Å². The zero-order chi connectivity index (χ0) is 14.4. The van der Waals surface area contributed by atoms with E-state index in [1.165, 1.54) is 24.1 Å². The maximum absolute atomic E-state index is 9.14. The molecule has 4 heteroatoms. The molecule has 0 radical (unpaired) electrons. The molecule has 0 amide bonds. The van der Waals surface area contributed by atoms with Gasteiger partial charge in [-0.05, 0) is 55.5 Å². The van der Waals surface area contributed by atoms with E-state index in [0.717, 1.165) is 37.6 Å². The maximum atomic E-state index is 9.14. The molecule has 0 saturated carbocycles. The average Bonchev–Trinajstić information content (AvgIpc) is 2.46. The largest absolute Gasteiger partial charge is 0.396 e. The van der Waals surface area contributed by atoms with Crippen LogP contribution in [0.1, 0.15) is 31.7 Å². The lowest BCUT2D eigenvalue weighted by Gasteiger charge is -2.35. The average molecular weight is 297 g/mol. The number of aliphatic hydroxyl groups is 1. The Kier molecular flexibility index (Phi) is 6.14. The van der Waals surface area contributed by atoms with Crippen molar-refractivity contribution < 1.29 is 5.11 Å². The SMILES string of the molecule is CCNCc1cc(Cl)ccc1N1CCCC(CCO)C1. The Balaban J connectivity index is 2.13. The van der Waals surface area contributed by atoms with Crippen molar-refractivity contribution in [3.05, 3.63) is 28.8 Å². The molecule has 1 aliphatic rings. The van der Waals surface area contributed by atoms with Crippen LogP contribution in [0, 0.1) is 5.92 Å². The second-order valence-corrected chi connectivity index (χ2v) is 5.96. The topological polar surface area (TPSA) is 35.5 Å². The second kappa shape index (κ2) is 7.87. The van der Waals surface area contributed by atoms with Crippen molar-refractivity contribution in [1.82, 2.24) is 5.32 Å². The lowest BCUT2D eigenvalue weighted by atomic mass is 9.94. The zero-order valence-electron chi connectivity index (χ0n) is 12.2. The van der Waals surface area contributed by atoms with E-state index >= 15 is 0 Å². The number of nitrogens with zero attached hydrogens (tertiary/aromatic N) is 1. The number of halogens is 1. The van der Waals surface area contributed by atoms with Crippen LogP contribution in [0.4, 0.5) is 5.69 Å². The standard InChI is InChI=1S/C16H25ClN2O/c1-2-18-11-14-10-15(17)5-6-16(14)19-8-3-4-13(12-19)7-9-20/h5-6,10,13,18,20H,2-4,7-9,11-12H2,1H3. The Labute approximate surface area is 126 Å². The minimum Gasteiger partial charge on any atom is -0.396 e. The van der Waals surface area contributed by atoms with Crippen molar-refractivity contribution >= 4 is 17.3 Å². The minimum atomic E-state index is 0.295. The monoisotopic (exact) mass is 296 g/mol. The lowest BCUT2D eigenvalue weighted by molar-refractivity contribution is 0.244. The fraction of sp³-hybridized carbons (Fsp3) is 0.625. The summed E-state index contributed by atoms with van der Waals surface area (Å²) in [5.41, 5.74) is 2.56. The summed E-state index contributed by atoms with van der Waals surface area (Å²) in [5, 5.41) is 13.3. The highest BCUT2D eigenvalue weighted by Crippen LogP contribution is 2.29. The molecule has 1 aromatic rings. The molecule has 1 unspecified atom stereocenters. The first kappa shape index (κ1) is 15.6. The molecule has 1 fully saturated rings. The van der Waals surface area contributed by atoms with Crippen LogP contribution in [0.25, 0.3) is 0 Å². The van der Waals surface area contributed by atoms with Crippen LogP contribution in [0.3, 0.4) is 0 Å². The summed E-state index contributed by atoms with van der Waals surface area (Å²) < 4.78 is 0. The third-order valence-electron chi connectivity index (χ3n) is 4.00. The maximum Gasteiger partial charge on any atom is 0.0434 e. The van der Waals surface area contributed by atoms with Crippen LogP contribution in [-0.2, 0) is 6.54 Å². The van der Waals surface area contributed by atoms with Crippen LogP contribution in [0.15, 0.2) is 18.2 Å². The molecule has 112 valence electrons. The van der Waals surface area contributed by atoms with Gasteiger partial charge in [-0.25, -0.2) is 0 Å². The van der Waals surface area contributed by atoms with Crippen molar-refractivity contribution in [3.63, 3.8) is 0 Å². The molecular weight excluding hydrogens is 272 g/mol. The van der Waals surface area contributed by atoms with Crippen molar-refractivity contribution in [1.29, 1.82) is 0 Å². The Hall–Kier alpha value is -0.770. The molecule has 0 spiro atoms. The van der Waals surface area contributed by atoms with Crippen LogP contribution in [0.2, 0.25) is 5.02 Å². The van der Waals surface area contributed by atoms with Gasteiger partial charge < -0.3 is 15.3 Å². The molecule has 20 heavy (non-hydrogen) atoms. The van der Waals surface area contributed by atoms with E-state index in [0.29, 0.717) is 12.5 Å². The summed E-state index contributed by atoms with van der Waals surface area (Å²) in [6.45, 7) is 6.36. The number of anilines is 1. The normalized spacial score (nSPS) is 19.4. The van der Waals surface area contributed by atoms with Gasteiger partial charge in [0.05, 0.1) is 0 Å². The zero-order valence-corrected chi connectivity index (χ0v) is 13.0. The van der Waals surface area contributed by atoms with Gasteiger partial charge in [-0.1, -0.05) is 18.5 Å². The van der Waals surface area contributed by atoms with Crippen molar-refractivity contribution in [3.8, 4) is 0 Å². The predicted octanol–water partition coefficient (Wildman–Crippen LogP) is 3.05. The molecule has 0 bridgehead atoms. The fourth-order valence-corrected chi connectivity index (χ4v) is 3.16. The minimum absolute atomic E-state index is 0.295. The first-order chi connectivity index (χ1) is 9.74. The van der Waals surface area contributed by atoms with E-state index in [-0.39, 0.29) is 0 Å². The van der Waals surface area contributed by atoms with E-state index in [2.05, 4.69) is 29.3 Å². The first-order valence-corrected chi connectivity index (χ1v) is 7.97. The van der Waals surface area contributed by atoms with Gasteiger partial charge in [0.1, 0.15) is 0 Å². The number of hydrogen-bond acceptors (Lipinski definition) is 3. The van der Waals surface area contributed by atoms with Gasteiger partial charge >= 0.3 is 0 Å². The molecular formula is C16H25ClN2O. The van der Waals surface area contributed by atoms with Gasteiger partial charge in [0, 0.05) is 37.0 Å². The van der Waals surface area contributed by atoms with E-state index < -0.39 is 0 Å². The molecule has 0 aromatic heterocycles. The van der Waals surface area contributed by atoms with Crippen molar-refractivity contribution in [2.24, 2.45) is 5.92 Å². The number of nitrogens with one attached hydrogen (secondary N) is 1. The first-order valence-electron chi connectivity index (χ1n) is 7.59. The van der Waals surface area contributed by atoms with Crippen molar-refractivity contribution in [2.75, 3.05) is 31.1 Å². The third kappa shape index (κ3) is 4.11. The molecule has 3 nitrogen and oxygen atoms in total. The van der Waals surface area contributed by atoms with Gasteiger partial charge in [-0.15, -0.1) is 0 Å². The smallest absolute Gasteiger partial charge is 0.0434 e. The molecule has 0 aliphatic carbocycles. The summed E-state index contributed by atoms with van der Waals surface area (Å²) in [7, 11) is 0. The summed E-state index contributed by atoms with van der Waals surface area (Å²) in [6.07, 6.45) is 3.34. The van der Waals surface area contributed by atoms with E-state index in [1.54, 1.807) is 0 Å². The molecule has 1 atom stereocenters. The Morgan fingerprint density at radius 2 is 2.30 bits per heavy atom. The highest BCUT2D eigenvalue weighted by atomic mass is 35.5. The van der Waals surface area contributed by atoms with Crippen LogP contribution < -0.4 is 10.2 Å². The Morgan fingerprint density at radius 3 is 3.05 bits per heavy atom. The van der Waals surface area contributed by atoms with Gasteiger partial charge in [0.15, 0.2) is 0 Å². The van der Waals surface area contributed by atoms with Gasteiger partial charge in [-0.2, -0.15) is 0 Å². The van der Waals surface area contributed by atoms with Crippen molar-refractivity contribution in [2.45, 2.75) is 32.7 Å². The lowest BCUT2D eigenvalue weighted by Crippen LogP contribution is -2.36. The number of aliphatic hydroxyl groups excluding tert-OH is 1. The van der Waals surface area contributed by atoms with Gasteiger partial charge in [0.2, 0.25) is 0 Å². The molecule has 1 aromatic carbocycles. The summed E-state index contributed by atoms with van der Waals surface area (Å²) in [5.74, 6) is 0.608. The highest BCUT2D eigenvalue weighted by molar-refractivity contribution is 6.30. The Morgan fingerprint density at radius 1 is 1.45 bits per heavy atom. The summed E-state index contributed by atoms with van der Waals surface area (Å²) >= 11 is 6.13. The highest BCUT2D eigenvalue weighted by Gasteiger charge is 2.21. The fourth-order valence-electron chi connectivity index (χ4n) is 2.97. The Bertz CT molecular complexity index is 423. The molecule has 2 N–H and O–H groups in total. The van der Waals surface area contributed by atoms with Crippen LogP contribution in [0.5, 0.6) is 0 Å². The van der Waals surface area contributed by atoms with Gasteiger partial charge in [-0.3, -0.25) is 0 Å². The molecule has 2 rings (SSSR count). The number of hydrogen-bond donors (Lipinski definition) is 2. The second-order valence-electron chi connectivity index (χ2n) is 5.52. The summed E-state index contributed by atoms with van der Waals surface area (Å²) in [6, 6.07) is 6.17. The van der Waals surface area contributed by atoms with E-state index in [1.807, 2.05) is 6.07 Å².